The lowest BCUT2D eigenvalue weighted by Crippen LogP contribution is -1.93. The third-order valence-corrected chi connectivity index (χ3v) is 4.61. The summed E-state index contributed by atoms with van der Waals surface area (Å²) in [4.78, 5) is 0. The van der Waals surface area contributed by atoms with E-state index in [9.17, 15) is 0 Å². The topological polar surface area (TPSA) is 0 Å². The zero-order chi connectivity index (χ0) is 15.4. The summed E-state index contributed by atoms with van der Waals surface area (Å²) in [7, 11) is 0. The fourth-order valence-electron chi connectivity index (χ4n) is 2.22. The van der Waals surface area contributed by atoms with Crippen LogP contribution in [0.2, 0.25) is 0 Å². The molecule has 1 atom stereocenters. The maximum atomic E-state index is 6.12. The van der Waals surface area contributed by atoms with Crippen molar-refractivity contribution < 1.29 is 0 Å². The Bertz CT molecular complexity index is 623. The van der Waals surface area contributed by atoms with Crippen LogP contribution < -0.4 is 0 Å². The number of halogens is 3. The Morgan fingerprint density at radius 2 is 1.43 bits per heavy atom. The predicted molar refractivity (Wildman–Crippen MR) is 97.0 cm³/mol. The Morgan fingerprint density at radius 3 is 1.86 bits per heavy atom. The van der Waals surface area contributed by atoms with Gasteiger partial charge in [0.25, 0.3) is 0 Å². The van der Waals surface area contributed by atoms with Crippen molar-refractivity contribution in [1.82, 2.24) is 0 Å². The van der Waals surface area contributed by atoms with Crippen LogP contribution in [0.1, 0.15) is 42.9 Å². The summed E-state index contributed by atoms with van der Waals surface area (Å²) in [6.07, 6.45) is 1.13. The minimum absolute atomic E-state index is 0.286. The molecule has 2 rings (SSSR count). The highest BCUT2D eigenvalue weighted by Gasteiger charge is 2.10. The molecule has 21 heavy (non-hydrogen) atoms. The Kier molecular flexibility index (Phi) is 5.92. The Morgan fingerprint density at radius 1 is 0.952 bits per heavy atom. The van der Waals surface area contributed by atoms with Gasteiger partial charge in [-0.05, 0) is 41.2 Å². The van der Waals surface area contributed by atoms with Crippen molar-refractivity contribution in [2.45, 2.75) is 26.2 Å². The van der Waals surface area contributed by atoms with E-state index >= 15 is 0 Å². The Labute approximate surface area is 144 Å². The van der Waals surface area contributed by atoms with Crippen LogP contribution in [-0.4, -0.2) is 0 Å². The molecule has 0 heterocycles. The van der Waals surface area contributed by atoms with Gasteiger partial charge in [0.1, 0.15) is 4.49 Å². The van der Waals surface area contributed by atoms with Crippen LogP contribution >= 0.6 is 39.1 Å². The van der Waals surface area contributed by atoms with Crippen LogP contribution in [-0.2, 0) is 0 Å². The van der Waals surface area contributed by atoms with E-state index in [1.54, 1.807) is 0 Å². The molecule has 1 unspecified atom stereocenters. The van der Waals surface area contributed by atoms with E-state index < -0.39 is 0 Å². The second-order valence-electron chi connectivity index (χ2n) is 5.07. The number of benzene rings is 2. The first kappa shape index (κ1) is 16.6. The number of hydrogen-bond acceptors (Lipinski definition) is 0. The van der Waals surface area contributed by atoms with Gasteiger partial charge in [0, 0.05) is 10.0 Å². The van der Waals surface area contributed by atoms with E-state index in [0.29, 0.717) is 5.92 Å². The van der Waals surface area contributed by atoms with Crippen molar-refractivity contribution in [2.24, 2.45) is 0 Å². The molecule has 0 aliphatic carbocycles. The van der Waals surface area contributed by atoms with Crippen LogP contribution in [0.5, 0.6) is 0 Å². The Hall–Kier alpha value is -0.760. The van der Waals surface area contributed by atoms with Gasteiger partial charge in [-0.15, -0.1) is 0 Å². The quantitative estimate of drug-likeness (QED) is 0.525. The molecular formula is C18H17BrCl2. The van der Waals surface area contributed by atoms with Gasteiger partial charge < -0.3 is 0 Å². The molecule has 2 aromatic rings. The highest BCUT2D eigenvalue weighted by atomic mass is 79.9. The molecule has 0 fully saturated rings. The maximum Gasteiger partial charge on any atom is 0.115 e. The summed E-state index contributed by atoms with van der Waals surface area (Å²) >= 11 is 15.7. The standard InChI is InChI=1S/C18H17BrCl2/c1-3-12(2)13-4-6-14(7-5-13)17(18(20)21)15-8-10-16(19)11-9-15/h4-12H,3H2,1-2H3. The van der Waals surface area contributed by atoms with Crippen molar-refractivity contribution in [2.75, 3.05) is 0 Å². The molecule has 0 aromatic heterocycles. The van der Waals surface area contributed by atoms with Gasteiger partial charge in [-0.1, -0.05) is 89.4 Å². The molecule has 0 nitrogen and oxygen atoms in total. The van der Waals surface area contributed by atoms with E-state index in [1.165, 1.54) is 5.56 Å². The zero-order valence-corrected chi connectivity index (χ0v) is 15.1. The normalized spacial score (nSPS) is 12.0. The van der Waals surface area contributed by atoms with Crippen LogP contribution in [0.3, 0.4) is 0 Å². The first-order valence-electron chi connectivity index (χ1n) is 6.94. The lowest BCUT2D eigenvalue weighted by atomic mass is 9.94. The van der Waals surface area contributed by atoms with Gasteiger partial charge in [-0.2, -0.15) is 0 Å². The van der Waals surface area contributed by atoms with Gasteiger partial charge in [-0.25, -0.2) is 0 Å². The average Bonchev–Trinajstić information content (AvgIpc) is 2.49. The highest BCUT2D eigenvalue weighted by molar-refractivity contribution is 9.10. The number of rotatable bonds is 4. The molecular weight excluding hydrogens is 367 g/mol. The molecule has 0 radical (unpaired) electrons. The smallest absolute Gasteiger partial charge is 0.0702 e. The van der Waals surface area contributed by atoms with E-state index in [2.05, 4.69) is 54.0 Å². The zero-order valence-electron chi connectivity index (χ0n) is 12.0. The lowest BCUT2D eigenvalue weighted by Gasteiger charge is -2.12. The van der Waals surface area contributed by atoms with Crippen molar-refractivity contribution in [3.05, 3.63) is 74.2 Å². The largest absolute Gasteiger partial charge is 0.115 e. The third-order valence-electron chi connectivity index (χ3n) is 3.70. The van der Waals surface area contributed by atoms with E-state index in [-0.39, 0.29) is 4.49 Å². The highest BCUT2D eigenvalue weighted by Crippen LogP contribution is 2.32. The first-order chi connectivity index (χ1) is 10.0. The van der Waals surface area contributed by atoms with Crippen LogP contribution in [0.15, 0.2) is 57.5 Å². The SMILES string of the molecule is CCC(C)c1ccc(C(=C(Cl)Cl)c2ccc(Br)cc2)cc1. The second kappa shape index (κ2) is 7.49. The third kappa shape index (κ3) is 4.12. The van der Waals surface area contributed by atoms with Gasteiger partial charge in [0.15, 0.2) is 0 Å². The van der Waals surface area contributed by atoms with Gasteiger partial charge in [-0.3, -0.25) is 0 Å². The van der Waals surface area contributed by atoms with E-state index in [0.717, 1.165) is 27.6 Å². The predicted octanol–water partition coefficient (Wildman–Crippen LogP) is 7.16. The summed E-state index contributed by atoms with van der Waals surface area (Å²) in [5.74, 6) is 0.561. The molecule has 0 bridgehead atoms. The van der Waals surface area contributed by atoms with Gasteiger partial charge >= 0.3 is 0 Å². The van der Waals surface area contributed by atoms with Crippen molar-refractivity contribution in [3.63, 3.8) is 0 Å². The molecule has 0 aliphatic rings. The molecule has 0 amide bonds. The second-order valence-corrected chi connectivity index (χ2v) is 6.94. The lowest BCUT2D eigenvalue weighted by molar-refractivity contribution is 0.733. The molecule has 0 N–H and O–H groups in total. The first-order valence-corrected chi connectivity index (χ1v) is 8.49. The molecule has 0 saturated heterocycles. The number of hydrogen-bond donors (Lipinski definition) is 0. The average molecular weight is 384 g/mol. The molecule has 0 aliphatic heterocycles. The molecule has 2 aromatic carbocycles. The van der Waals surface area contributed by atoms with Crippen LogP contribution in [0, 0.1) is 0 Å². The molecule has 3 heteroatoms. The minimum Gasteiger partial charge on any atom is -0.0702 e. The fraction of sp³-hybridized carbons (Fsp3) is 0.222. The summed E-state index contributed by atoms with van der Waals surface area (Å²) in [5.41, 5.74) is 4.24. The van der Waals surface area contributed by atoms with Crippen molar-refractivity contribution in [1.29, 1.82) is 0 Å². The van der Waals surface area contributed by atoms with Gasteiger partial charge in [0.2, 0.25) is 0 Å². The summed E-state index contributed by atoms with van der Waals surface area (Å²) < 4.78 is 1.32. The molecule has 110 valence electrons. The van der Waals surface area contributed by atoms with Gasteiger partial charge in [0.05, 0.1) is 0 Å². The minimum atomic E-state index is 0.286. The maximum absolute atomic E-state index is 6.12. The fourth-order valence-corrected chi connectivity index (χ4v) is 2.92. The van der Waals surface area contributed by atoms with Crippen molar-refractivity contribution in [3.8, 4) is 0 Å². The van der Waals surface area contributed by atoms with Crippen LogP contribution in [0.25, 0.3) is 5.57 Å². The molecule has 0 spiro atoms. The monoisotopic (exact) mass is 382 g/mol. The van der Waals surface area contributed by atoms with E-state index in [4.69, 9.17) is 23.2 Å². The summed E-state index contributed by atoms with van der Waals surface area (Å²) in [5, 5.41) is 0. The Balaban J connectivity index is 2.41. The summed E-state index contributed by atoms with van der Waals surface area (Å²) in [6, 6.07) is 16.5. The van der Waals surface area contributed by atoms with Crippen molar-refractivity contribution >= 4 is 44.7 Å². The molecule has 0 saturated carbocycles. The van der Waals surface area contributed by atoms with E-state index in [1.807, 2.05) is 24.3 Å². The summed E-state index contributed by atoms with van der Waals surface area (Å²) in [6.45, 7) is 4.43. The van der Waals surface area contributed by atoms with Crippen LogP contribution in [0.4, 0.5) is 0 Å².